The quantitative estimate of drug-likeness (QED) is 0.905. The largest absolute Gasteiger partial charge is 0.480 e. The van der Waals surface area contributed by atoms with Crippen molar-refractivity contribution in [2.45, 2.75) is 26.3 Å². The van der Waals surface area contributed by atoms with E-state index in [9.17, 15) is 9.59 Å². The number of nitrogens with one attached hydrogen (secondary N) is 1. The highest BCUT2D eigenvalue weighted by atomic mass is 35.5. The van der Waals surface area contributed by atoms with E-state index in [2.05, 4.69) is 10.4 Å². The van der Waals surface area contributed by atoms with Crippen LogP contribution in [-0.2, 0) is 4.79 Å². The second-order valence-corrected chi connectivity index (χ2v) is 5.83. The summed E-state index contributed by atoms with van der Waals surface area (Å²) in [6, 6.07) is 8.70. The topological polar surface area (TPSA) is 84.2 Å². The fourth-order valence-corrected chi connectivity index (χ4v) is 2.07. The number of halogens is 1. The van der Waals surface area contributed by atoms with Crippen LogP contribution in [0.25, 0.3) is 5.69 Å². The molecule has 1 heterocycles. The summed E-state index contributed by atoms with van der Waals surface area (Å²) in [7, 11) is 0. The van der Waals surface area contributed by atoms with Crippen LogP contribution in [0.4, 0.5) is 0 Å². The minimum Gasteiger partial charge on any atom is -0.480 e. The van der Waals surface area contributed by atoms with Gasteiger partial charge in [-0.15, -0.1) is 0 Å². The molecule has 0 aliphatic heterocycles. The zero-order valence-corrected chi connectivity index (χ0v) is 13.2. The monoisotopic (exact) mass is 321 g/mol. The highest BCUT2D eigenvalue weighted by Gasteiger charge is 2.30. The normalized spacial score (nSPS) is 11.3. The van der Waals surface area contributed by atoms with Crippen molar-refractivity contribution in [3.8, 4) is 5.69 Å². The molecule has 0 bridgehead atoms. The third kappa shape index (κ3) is 3.12. The fourth-order valence-electron chi connectivity index (χ4n) is 1.85. The van der Waals surface area contributed by atoms with Gasteiger partial charge in [0.05, 0.1) is 10.7 Å². The van der Waals surface area contributed by atoms with E-state index < -0.39 is 17.4 Å². The lowest BCUT2D eigenvalue weighted by Gasteiger charge is -2.20. The molecule has 1 aromatic heterocycles. The van der Waals surface area contributed by atoms with Crippen molar-refractivity contribution in [1.29, 1.82) is 0 Å². The molecule has 2 N–H and O–H groups in total. The van der Waals surface area contributed by atoms with E-state index in [1.54, 1.807) is 35.9 Å². The van der Waals surface area contributed by atoms with E-state index in [0.29, 0.717) is 16.4 Å². The number of benzene rings is 1. The number of aromatic nitrogens is 2. The molecule has 0 atom stereocenters. The van der Waals surface area contributed by atoms with E-state index in [0.717, 1.165) is 0 Å². The van der Waals surface area contributed by atoms with E-state index in [1.165, 1.54) is 13.8 Å². The Labute approximate surface area is 132 Å². The van der Waals surface area contributed by atoms with Crippen LogP contribution in [0.15, 0.2) is 30.3 Å². The Balaban J connectivity index is 2.33. The standard InChI is InChI=1S/C15H16ClN3O3/c1-9-8-11(13(20)17-15(2,3)14(21)22)18-19(9)12-7-5-4-6-10(12)16/h4-8H,1-3H3,(H,17,20)(H,21,22). The molecular weight excluding hydrogens is 306 g/mol. The van der Waals surface area contributed by atoms with Crippen molar-refractivity contribution in [2.75, 3.05) is 0 Å². The molecular formula is C15H16ClN3O3. The molecule has 0 aliphatic rings. The van der Waals surface area contributed by atoms with Crippen LogP contribution in [0.1, 0.15) is 30.0 Å². The van der Waals surface area contributed by atoms with Gasteiger partial charge < -0.3 is 10.4 Å². The van der Waals surface area contributed by atoms with E-state index >= 15 is 0 Å². The van der Waals surface area contributed by atoms with Gasteiger partial charge in [0.2, 0.25) is 0 Å². The van der Waals surface area contributed by atoms with E-state index in [4.69, 9.17) is 16.7 Å². The van der Waals surface area contributed by atoms with E-state index in [-0.39, 0.29) is 5.69 Å². The number of carboxylic acid groups (broad SMARTS) is 1. The van der Waals surface area contributed by atoms with Gasteiger partial charge in [0.25, 0.3) is 5.91 Å². The van der Waals surface area contributed by atoms with Gasteiger partial charge in [0.15, 0.2) is 5.69 Å². The van der Waals surface area contributed by atoms with Gasteiger partial charge in [-0.1, -0.05) is 23.7 Å². The number of rotatable bonds is 4. The number of amides is 1. The number of carbonyl (C=O) groups is 2. The lowest BCUT2D eigenvalue weighted by atomic mass is 10.1. The summed E-state index contributed by atoms with van der Waals surface area (Å²) in [4.78, 5) is 23.2. The molecule has 0 unspecified atom stereocenters. The minimum atomic E-state index is -1.38. The number of hydrogen-bond donors (Lipinski definition) is 2. The number of hydrogen-bond acceptors (Lipinski definition) is 3. The van der Waals surface area contributed by atoms with Crippen LogP contribution in [-0.4, -0.2) is 32.3 Å². The number of carboxylic acids is 1. The number of para-hydroxylation sites is 1. The molecule has 0 fully saturated rings. The predicted octanol–water partition coefficient (Wildman–Crippen LogP) is 2.43. The van der Waals surface area contributed by atoms with Crippen molar-refractivity contribution < 1.29 is 14.7 Å². The van der Waals surface area contributed by atoms with Gasteiger partial charge in [0, 0.05) is 5.69 Å². The van der Waals surface area contributed by atoms with Crippen molar-refractivity contribution in [3.05, 3.63) is 46.7 Å². The molecule has 7 heteroatoms. The van der Waals surface area contributed by atoms with E-state index in [1.807, 2.05) is 6.07 Å². The predicted molar refractivity (Wildman–Crippen MR) is 82.5 cm³/mol. The van der Waals surface area contributed by atoms with Gasteiger partial charge in [0.1, 0.15) is 5.54 Å². The fraction of sp³-hybridized carbons (Fsp3) is 0.267. The molecule has 0 saturated carbocycles. The van der Waals surface area contributed by atoms with Gasteiger partial charge in [-0.05, 0) is 39.0 Å². The van der Waals surface area contributed by atoms with Crippen LogP contribution in [0.3, 0.4) is 0 Å². The zero-order valence-electron chi connectivity index (χ0n) is 12.4. The third-order valence-corrected chi connectivity index (χ3v) is 3.48. The molecule has 0 spiro atoms. The minimum absolute atomic E-state index is 0.131. The summed E-state index contributed by atoms with van der Waals surface area (Å²) in [6.07, 6.45) is 0. The Hall–Kier alpha value is -2.34. The first-order valence-electron chi connectivity index (χ1n) is 6.60. The first-order chi connectivity index (χ1) is 10.2. The van der Waals surface area contributed by atoms with Crippen LogP contribution in [0, 0.1) is 6.92 Å². The molecule has 2 aromatic rings. The van der Waals surface area contributed by atoms with Gasteiger partial charge in [-0.25, -0.2) is 9.48 Å². The Bertz CT molecular complexity index is 737. The second-order valence-electron chi connectivity index (χ2n) is 5.42. The lowest BCUT2D eigenvalue weighted by Crippen LogP contribution is -2.49. The maximum absolute atomic E-state index is 12.2. The van der Waals surface area contributed by atoms with Crippen LogP contribution < -0.4 is 5.32 Å². The molecule has 22 heavy (non-hydrogen) atoms. The average Bonchev–Trinajstić information content (AvgIpc) is 2.81. The maximum Gasteiger partial charge on any atom is 0.328 e. The summed E-state index contributed by atoms with van der Waals surface area (Å²) >= 11 is 6.13. The second kappa shape index (κ2) is 5.81. The molecule has 2 rings (SSSR count). The molecule has 0 saturated heterocycles. The van der Waals surface area contributed by atoms with Crippen molar-refractivity contribution in [3.63, 3.8) is 0 Å². The Morgan fingerprint density at radius 1 is 1.32 bits per heavy atom. The van der Waals surface area contributed by atoms with Crippen molar-refractivity contribution >= 4 is 23.5 Å². The Kier molecular flexibility index (Phi) is 4.23. The van der Waals surface area contributed by atoms with Gasteiger partial charge >= 0.3 is 5.97 Å². The third-order valence-electron chi connectivity index (χ3n) is 3.16. The Morgan fingerprint density at radius 2 is 1.95 bits per heavy atom. The molecule has 116 valence electrons. The number of aliphatic carboxylic acids is 1. The Morgan fingerprint density at radius 3 is 2.55 bits per heavy atom. The maximum atomic E-state index is 12.2. The first kappa shape index (κ1) is 16.0. The lowest BCUT2D eigenvalue weighted by molar-refractivity contribution is -0.143. The molecule has 0 radical (unpaired) electrons. The summed E-state index contributed by atoms with van der Waals surface area (Å²) in [6.45, 7) is 4.60. The van der Waals surface area contributed by atoms with Crippen LogP contribution in [0.2, 0.25) is 5.02 Å². The summed E-state index contributed by atoms with van der Waals surface area (Å²) < 4.78 is 1.55. The smallest absolute Gasteiger partial charge is 0.328 e. The number of carbonyl (C=O) groups excluding carboxylic acids is 1. The summed E-state index contributed by atoms with van der Waals surface area (Å²) in [5.74, 6) is -1.68. The van der Waals surface area contributed by atoms with Gasteiger partial charge in [-0.3, -0.25) is 4.79 Å². The summed E-state index contributed by atoms with van der Waals surface area (Å²) in [5.41, 5.74) is 0.121. The molecule has 1 amide bonds. The van der Waals surface area contributed by atoms with Gasteiger partial charge in [-0.2, -0.15) is 5.10 Å². The summed E-state index contributed by atoms with van der Waals surface area (Å²) in [5, 5.41) is 16.2. The SMILES string of the molecule is Cc1cc(C(=O)NC(C)(C)C(=O)O)nn1-c1ccccc1Cl. The van der Waals surface area contributed by atoms with Crippen LogP contribution in [0.5, 0.6) is 0 Å². The molecule has 6 nitrogen and oxygen atoms in total. The molecule has 1 aromatic carbocycles. The number of aryl methyl sites for hydroxylation is 1. The first-order valence-corrected chi connectivity index (χ1v) is 6.97. The van der Waals surface area contributed by atoms with Crippen molar-refractivity contribution in [2.24, 2.45) is 0 Å². The number of nitrogens with zero attached hydrogens (tertiary/aromatic N) is 2. The van der Waals surface area contributed by atoms with Crippen molar-refractivity contribution in [1.82, 2.24) is 15.1 Å². The highest BCUT2D eigenvalue weighted by molar-refractivity contribution is 6.32. The zero-order chi connectivity index (χ0) is 16.5. The highest BCUT2D eigenvalue weighted by Crippen LogP contribution is 2.21. The molecule has 0 aliphatic carbocycles. The van der Waals surface area contributed by atoms with Crippen LogP contribution >= 0.6 is 11.6 Å². The average molecular weight is 322 g/mol.